The first-order valence-corrected chi connectivity index (χ1v) is 10.8. The number of carbonyl (C=O) groups excluding carboxylic acids is 1. The van der Waals surface area contributed by atoms with Gasteiger partial charge >= 0.3 is 0 Å². The predicted molar refractivity (Wildman–Crippen MR) is 126 cm³/mol. The molecule has 0 radical (unpaired) electrons. The molecule has 0 spiro atoms. The Morgan fingerprint density at radius 2 is 1.97 bits per heavy atom. The van der Waals surface area contributed by atoms with Gasteiger partial charge in [-0.3, -0.25) is 4.79 Å². The van der Waals surface area contributed by atoms with Crippen LogP contribution in [-0.4, -0.2) is 50.6 Å². The van der Waals surface area contributed by atoms with Crippen LogP contribution in [0, 0.1) is 0 Å². The van der Waals surface area contributed by atoms with Crippen LogP contribution >= 0.6 is 24.2 Å². The number of amides is 1. The van der Waals surface area contributed by atoms with Gasteiger partial charge in [-0.05, 0) is 48.0 Å². The second-order valence-electron chi connectivity index (χ2n) is 7.96. The van der Waals surface area contributed by atoms with Crippen LogP contribution in [0.5, 0.6) is 5.75 Å². The molecule has 0 aliphatic rings. The zero-order valence-electron chi connectivity index (χ0n) is 18.2. The van der Waals surface area contributed by atoms with Gasteiger partial charge in [-0.1, -0.05) is 42.1 Å². The molecule has 10 heteroatoms. The topological polar surface area (TPSA) is 94.0 Å². The summed E-state index contributed by atoms with van der Waals surface area (Å²) in [5, 5.41) is 20.9. The van der Waals surface area contributed by atoms with Crippen molar-refractivity contribution in [2.24, 2.45) is 7.05 Å². The fourth-order valence-corrected chi connectivity index (χ4v) is 3.75. The van der Waals surface area contributed by atoms with Gasteiger partial charge < -0.3 is 15.4 Å². The number of carbonyl (C=O) groups is 1. The molecule has 1 aromatic heterocycles. The third-order valence-electron chi connectivity index (χ3n) is 4.26. The maximum Gasteiger partial charge on any atom is 0.258 e. The molecule has 0 atom stereocenters. The van der Waals surface area contributed by atoms with Crippen LogP contribution in [0.2, 0.25) is 0 Å². The van der Waals surface area contributed by atoms with E-state index in [1.54, 1.807) is 16.4 Å². The molecule has 0 aliphatic heterocycles. The molecular formula is C21H29ClN6O2S. The number of fused-ring (bicyclic) bond motifs is 1. The summed E-state index contributed by atoms with van der Waals surface area (Å²) in [7, 11) is 1.82. The minimum absolute atomic E-state index is 0. The Balaban J connectivity index is 0.00000341. The summed E-state index contributed by atoms with van der Waals surface area (Å²) >= 11 is 1.60. The second kappa shape index (κ2) is 11.3. The average Bonchev–Trinajstić information content (AvgIpc) is 3.10. The molecule has 3 rings (SSSR count). The molecule has 0 fully saturated rings. The first-order valence-electron chi connectivity index (χ1n) is 9.84. The number of aryl methyl sites for hydroxylation is 1. The van der Waals surface area contributed by atoms with Crippen LogP contribution in [0.1, 0.15) is 26.3 Å². The minimum Gasteiger partial charge on any atom is -0.483 e. The Morgan fingerprint density at radius 3 is 2.68 bits per heavy atom. The lowest BCUT2D eigenvalue weighted by atomic mass is 10.0. The molecule has 31 heavy (non-hydrogen) atoms. The monoisotopic (exact) mass is 464 g/mol. The number of thioether (sulfide) groups is 1. The van der Waals surface area contributed by atoms with Gasteiger partial charge in [-0.2, -0.15) is 0 Å². The lowest BCUT2D eigenvalue weighted by molar-refractivity contribution is -0.124. The van der Waals surface area contributed by atoms with Crippen molar-refractivity contribution >= 4 is 40.8 Å². The van der Waals surface area contributed by atoms with Crippen molar-refractivity contribution in [3.63, 3.8) is 0 Å². The van der Waals surface area contributed by atoms with E-state index in [9.17, 15) is 4.79 Å². The third kappa shape index (κ3) is 7.37. The van der Waals surface area contributed by atoms with E-state index in [0.29, 0.717) is 6.54 Å². The molecular weight excluding hydrogens is 436 g/mol. The number of tetrazole rings is 1. The van der Waals surface area contributed by atoms with Crippen molar-refractivity contribution < 1.29 is 9.53 Å². The summed E-state index contributed by atoms with van der Waals surface area (Å²) in [5.41, 5.74) is 0.756. The van der Waals surface area contributed by atoms with E-state index in [1.807, 2.05) is 52.1 Å². The highest BCUT2D eigenvalue weighted by atomic mass is 35.5. The maximum absolute atomic E-state index is 12.2. The molecule has 2 N–H and O–H groups in total. The van der Waals surface area contributed by atoms with Crippen molar-refractivity contribution in [3.05, 3.63) is 42.0 Å². The van der Waals surface area contributed by atoms with E-state index in [0.717, 1.165) is 39.5 Å². The molecule has 2 aromatic carbocycles. The number of aromatic nitrogens is 4. The molecule has 0 bridgehead atoms. The van der Waals surface area contributed by atoms with E-state index in [2.05, 4.69) is 38.3 Å². The van der Waals surface area contributed by atoms with Crippen molar-refractivity contribution in [2.75, 3.05) is 18.9 Å². The van der Waals surface area contributed by atoms with Crippen LogP contribution in [0.3, 0.4) is 0 Å². The van der Waals surface area contributed by atoms with Gasteiger partial charge in [0.25, 0.3) is 5.91 Å². The van der Waals surface area contributed by atoms with Gasteiger partial charge in [-0.25, -0.2) is 4.68 Å². The quantitative estimate of drug-likeness (QED) is 0.371. The van der Waals surface area contributed by atoms with Crippen molar-refractivity contribution in [3.8, 4) is 5.75 Å². The molecule has 0 saturated carbocycles. The molecule has 0 unspecified atom stereocenters. The summed E-state index contributed by atoms with van der Waals surface area (Å²) in [5.74, 6) is 1.42. The van der Waals surface area contributed by atoms with Gasteiger partial charge in [-0.15, -0.1) is 17.5 Å². The molecule has 1 amide bonds. The minimum atomic E-state index is -0.288. The molecule has 8 nitrogen and oxygen atoms in total. The molecule has 0 aliphatic carbocycles. The van der Waals surface area contributed by atoms with E-state index in [-0.39, 0.29) is 30.5 Å². The Kier molecular flexibility index (Phi) is 9.09. The Morgan fingerprint density at radius 1 is 1.19 bits per heavy atom. The molecule has 1 heterocycles. The van der Waals surface area contributed by atoms with E-state index in [4.69, 9.17) is 4.74 Å². The standard InChI is InChI=1S/C21H28N6O2S.ClH/c1-21(2,3)23-19(28)14-29-18-10-9-15-7-5-6-8-16(15)17(18)13-22-11-12-30-20-24-25-26-27(20)4;/h5-10,22H,11-14H2,1-4H3,(H,23,28);1H. The smallest absolute Gasteiger partial charge is 0.258 e. The number of hydrogen-bond donors (Lipinski definition) is 2. The Hall–Kier alpha value is -2.36. The maximum atomic E-state index is 12.2. The highest BCUT2D eigenvalue weighted by molar-refractivity contribution is 7.99. The lowest BCUT2D eigenvalue weighted by Crippen LogP contribution is -2.43. The van der Waals surface area contributed by atoms with Gasteiger partial charge in [0.15, 0.2) is 6.61 Å². The van der Waals surface area contributed by atoms with Crippen LogP contribution in [0.4, 0.5) is 0 Å². The van der Waals surface area contributed by atoms with E-state index >= 15 is 0 Å². The zero-order chi connectivity index (χ0) is 21.6. The summed E-state index contributed by atoms with van der Waals surface area (Å²) in [6.07, 6.45) is 0. The number of benzene rings is 2. The Bertz CT molecular complexity index is 1000. The number of hydrogen-bond acceptors (Lipinski definition) is 7. The fraction of sp³-hybridized carbons (Fsp3) is 0.429. The first kappa shape index (κ1) is 24.9. The number of nitrogens with one attached hydrogen (secondary N) is 2. The summed E-state index contributed by atoms with van der Waals surface area (Å²) in [4.78, 5) is 12.2. The summed E-state index contributed by atoms with van der Waals surface area (Å²) in [6, 6.07) is 12.1. The Labute approximate surface area is 192 Å². The van der Waals surface area contributed by atoms with Crippen molar-refractivity contribution in [1.82, 2.24) is 30.8 Å². The molecule has 168 valence electrons. The van der Waals surface area contributed by atoms with Crippen molar-refractivity contribution in [1.29, 1.82) is 0 Å². The van der Waals surface area contributed by atoms with Gasteiger partial charge in [0.2, 0.25) is 5.16 Å². The third-order valence-corrected chi connectivity index (χ3v) is 5.28. The largest absolute Gasteiger partial charge is 0.483 e. The van der Waals surface area contributed by atoms with Gasteiger partial charge in [0, 0.05) is 37.0 Å². The second-order valence-corrected chi connectivity index (χ2v) is 9.02. The molecule has 3 aromatic rings. The SMILES string of the molecule is Cl.Cn1nnnc1SCCNCc1c(OCC(=O)NC(C)(C)C)ccc2ccccc12. The van der Waals surface area contributed by atoms with Crippen molar-refractivity contribution in [2.45, 2.75) is 38.0 Å². The van der Waals surface area contributed by atoms with E-state index in [1.165, 1.54) is 0 Å². The van der Waals surface area contributed by atoms with Crippen LogP contribution < -0.4 is 15.4 Å². The fourth-order valence-electron chi connectivity index (χ4n) is 3.00. The molecule has 0 saturated heterocycles. The van der Waals surface area contributed by atoms with Crippen LogP contribution in [0.15, 0.2) is 41.6 Å². The van der Waals surface area contributed by atoms with Gasteiger partial charge in [0.1, 0.15) is 5.75 Å². The number of ether oxygens (including phenoxy) is 1. The average molecular weight is 465 g/mol. The number of halogens is 1. The number of nitrogens with zero attached hydrogens (tertiary/aromatic N) is 4. The number of rotatable bonds is 9. The normalized spacial score (nSPS) is 11.2. The lowest BCUT2D eigenvalue weighted by Gasteiger charge is -2.21. The highest BCUT2D eigenvalue weighted by Crippen LogP contribution is 2.28. The first-order chi connectivity index (χ1) is 14.3. The van der Waals surface area contributed by atoms with Crippen LogP contribution in [0.25, 0.3) is 10.8 Å². The zero-order valence-corrected chi connectivity index (χ0v) is 19.8. The van der Waals surface area contributed by atoms with E-state index < -0.39 is 0 Å². The van der Waals surface area contributed by atoms with Gasteiger partial charge in [0.05, 0.1) is 0 Å². The van der Waals surface area contributed by atoms with Crippen LogP contribution in [-0.2, 0) is 18.4 Å². The predicted octanol–water partition coefficient (Wildman–Crippen LogP) is 2.96. The highest BCUT2D eigenvalue weighted by Gasteiger charge is 2.15. The summed E-state index contributed by atoms with van der Waals surface area (Å²) < 4.78 is 7.55. The summed E-state index contributed by atoms with van der Waals surface area (Å²) in [6.45, 7) is 7.25.